The molecule has 2 aromatic heterocycles. The third-order valence-corrected chi connectivity index (χ3v) is 3.59. The topological polar surface area (TPSA) is 116 Å². The van der Waals surface area contributed by atoms with E-state index in [0.29, 0.717) is 17.5 Å². The van der Waals surface area contributed by atoms with Gasteiger partial charge in [0.05, 0.1) is 18.6 Å². The summed E-state index contributed by atoms with van der Waals surface area (Å²) in [5.41, 5.74) is 5.55. The molecule has 112 valence electrons. The fourth-order valence-electron chi connectivity index (χ4n) is 1.66. The van der Waals surface area contributed by atoms with E-state index >= 15 is 0 Å². The first-order valence-electron chi connectivity index (χ1n) is 6.28. The standard InChI is InChI=1S/C12H15N5O3S/c1-2-17-9(6-13)15-16-12(17)21-7-10(18)14-11(19)8-4-3-5-20-8/h3-5H,2,6-7,13H2,1H3,(H,14,18,19). The van der Waals surface area contributed by atoms with Gasteiger partial charge in [-0.15, -0.1) is 10.2 Å². The number of aromatic nitrogens is 3. The number of hydrogen-bond acceptors (Lipinski definition) is 7. The van der Waals surface area contributed by atoms with E-state index in [4.69, 9.17) is 10.2 Å². The van der Waals surface area contributed by atoms with E-state index in [0.717, 1.165) is 0 Å². The van der Waals surface area contributed by atoms with Gasteiger partial charge in [-0.05, 0) is 19.1 Å². The number of amides is 2. The molecule has 0 radical (unpaired) electrons. The van der Waals surface area contributed by atoms with Gasteiger partial charge in [-0.2, -0.15) is 0 Å². The van der Waals surface area contributed by atoms with Crippen molar-refractivity contribution in [2.45, 2.75) is 25.2 Å². The Bertz CT molecular complexity index is 623. The van der Waals surface area contributed by atoms with Crippen LogP contribution < -0.4 is 11.1 Å². The molecule has 0 unspecified atom stereocenters. The zero-order valence-corrected chi connectivity index (χ0v) is 12.2. The maximum atomic E-state index is 11.7. The molecule has 21 heavy (non-hydrogen) atoms. The average Bonchev–Trinajstić information content (AvgIpc) is 3.13. The summed E-state index contributed by atoms with van der Waals surface area (Å²) in [6.45, 7) is 2.88. The minimum Gasteiger partial charge on any atom is -0.459 e. The van der Waals surface area contributed by atoms with Gasteiger partial charge in [-0.1, -0.05) is 11.8 Å². The number of rotatable bonds is 6. The number of thioether (sulfide) groups is 1. The lowest BCUT2D eigenvalue weighted by atomic mass is 10.4. The molecule has 2 heterocycles. The van der Waals surface area contributed by atoms with Crippen LogP contribution in [0.2, 0.25) is 0 Å². The van der Waals surface area contributed by atoms with E-state index in [1.165, 1.54) is 24.1 Å². The molecule has 3 N–H and O–H groups in total. The Kier molecular flexibility index (Phi) is 5.12. The monoisotopic (exact) mass is 309 g/mol. The van der Waals surface area contributed by atoms with Crippen LogP contribution in [-0.2, 0) is 17.9 Å². The van der Waals surface area contributed by atoms with Gasteiger partial charge in [-0.25, -0.2) is 0 Å². The molecule has 0 atom stereocenters. The Hall–Kier alpha value is -2.13. The predicted octanol–water partition coefficient (Wildman–Crippen LogP) is 0.398. The van der Waals surface area contributed by atoms with Crippen LogP contribution in [0, 0.1) is 0 Å². The molecule has 9 heteroatoms. The summed E-state index contributed by atoms with van der Waals surface area (Å²) < 4.78 is 6.73. The third kappa shape index (κ3) is 3.70. The van der Waals surface area contributed by atoms with E-state index in [-0.39, 0.29) is 18.1 Å². The molecule has 0 saturated carbocycles. The summed E-state index contributed by atoms with van der Waals surface area (Å²) in [6.07, 6.45) is 1.37. The second-order valence-electron chi connectivity index (χ2n) is 3.99. The molecular weight excluding hydrogens is 294 g/mol. The predicted molar refractivity (Wildman–Crippen MR) is 75.5 cm³/mol. The molecule has 0 saturated heterocycles. The van der Waals surface area contributed by atoms with Gasteiger partial charge in [-0.3, -0.25) is 14.9 Å². The van der Waals surface area contributed by atoms with Crippen LogP contribution in [0.3, 0.4) is 0 Å². The molecule has 0 aliphatic rings. The van der Waals surface area contributed by atoms with Crippen LogP contribution in [-0.4, -0.2) is 32.3 Å². The molecule has 0 aliphatic carbocycles. The van der Waals surface area contributed by atoms with Crippen molar-refractivity contribution in [2.24, 2.45) is 5.73 Å². The quantitative estimate of drug-likeness (QED) is 0.742. The molecule has 0 bridgehead atoms. The number of furan rings is 1. The second-order valence-corrected chi connectivity index (χ2v) is 4.93. The van der Waals surface area contributed by atoms with Crippen molar-refractivity contribution in [1.29, 1.82) is 0 Å². The first kappa shape index (κ1) is 15.3. The highest BCUT2D eigenvalue weighted by molar-refractivity contribution is 7.99. The number of nitrogens with zero attached hydrogens (tertiary/aromatic N) is 3. The second kappa shape index (κ2) is 7.04. The van der Waals surface area contributed by atoms with Crippen molar-refractivity contribution < 1.29 is 14.0 Å². The molecule has 0 aromatic carbocycles. The summed E-state index contributed by atoms with van der Waals surface area (Å²) >= 11 is 1.19. The maximum absolute atomic E-state index is 11.7. The van der Waals surface area contributed by atoms with Crippen LogP contribution in [0.15, 0.2) is 28.0 Å². The van der Waals surface area contributed by atoms with Crippen molar-refractivity contribution in [3.05, 3.63) is 30.0 Å². The van der Waals surface area contributed by atoms with E-state index in [2.05, 4.69) is 15.5 Å². The number of nitrogens with two attached hydrogens (primary N) is 1. The molecule has 0 aliphatic heterocycles. The number of nitrogens with one attached hydrogen (secondary N) is 1. The highest BCUT2D eigenvalue weighted by Gasteiger charge is 2.15. The maximum Gasteiger partial charge on any atom is 0.293 e. The Morgan fingerprint density at radius 1 is 1.48 bits per heavy atom. The van der Waals surface area contributed by atoms with Gasteiger partial charge >= 0.3 is 0 Å². The van der Waals surface area contributed by atoms with E-state index in [1.807, 2.05) is 11.5 Å². The van der Waals surface area contributed by atoms with Crippen molar-refractivity contribution in [2.75, 3.05) is 5.75 Å². The summed E-state index contributed by atoms with van der Waals surface area (Å²) in [6, 6.07) is 3.06. The van der Waals surface area contributed by atoms with Gasteiger partial charge in [0.15, 0.2) is 10.9 Å². The largest absolute Gasteiger partial charge is 0.459 e. The molecule has 2 rings (SSSR count). The van der Waals surface area contributed by atoms with Crippen molar-refractivity contribution in [3.63, 3.8) is 0 Å². The molecule has 0 spiro atoms. The first-order valence-corrected chi connectivity index (χ1v) is 7.26. The Morgan fingerprint density at radius 2 is 2.29 bits per heavy atom. The highest BCUT2D eigenvalue weighted by Crippen LogP contribution is 2.16. The zero-order chi connectivity index (χ0) is 15.2. The van der Waals surface area contributed by atoms with E-state index in [1.54, 1.807) is 6.07 Å². The minimum absolute atomic E-state index is 0.0507. The summed E-state index contributed by atoms with van der Waals surface area (Å²) in [5.74, 6) is -0.191. The van der Waals surface area contributed by atoms with Crippen molar-refractivity contribution in [1.82, 2.24) is 20.1 Å². The van der Waals surface area contributed by atoms with Crippen LogP contribution in [0.4, 0.5) is 0 Å². The fourth-order valence-corrected chi connectivity index (χ4v) is 2.48. The molecule has 0 fully saturated rings. The van der Waals surface area contributed by atoms with Crippen LogP contribution in [0.25, 0.3) is 0 Å². The SMILES string of the molecule is CCn1c(CN)nnc1SCC(=O)NC(=O)c1ccco1. The summed E-state index contributed by atoms with van der Waals surface area (Å²) in [7, 11) is 0. The van der Waals surface area contributed by atoms with Crippen LogP contribution in [0.1, 0.15) is 23.3 Å². The van der Waals surface area contributed by atoms with Crippen LogP contribution >= 0.6 is 11.8 Å². The lowest BCUT2D eigenvalue weighted by molar-refractivity contribution is -0.117. The van der Waals surface area contributed by atoms with Gasteiger partial charge in [0.1, 0.15) is 5.82 Å². The molecular formula is C12H15N5O3S. The van der Waals surface area contributed by atoms with Gasteiger partial charge in [0.25, 0.3) is 5.91 Å². The molecule has 2 aromatic rings. The van der Waals surface area contributed by atoms with Gasteiger partial charge < -0.3 is 14.7 Å². The van der Waals surface area contributed by atoms with Crippen molar-refractivity contribution in [3.8, 4) is 0 Å². The smallest absolute Gasteiger partial charge is 0.293 e. The van der Waals surface area contributed by atoms with E-state index in [9.17, 15) is 9.59 Å². The number of hydrogen-bond donors (Lipinski definition) is 2. The lowest BCUT2D eigenvalue weighted by Gasteiger charge is -2.05. The van der Waals surface area contributed by atoms with Crippen LogP contribution in [0.5, 0.6) is 0 Å². The summed E-state index contributed by atoms with van der Waals surface area (Å²) in [4.78, 5) is 23.3. The van der Waals surface area contributed by atoms with E-state index < -0.39 is 11.8 Å². The molecule has 8 nitrogen and oxygen atoms in total. The normalized spacial score (nSPS) is 10.6. The number of imide groups is 1. The Labute approximate surface area is 125 Å². The van der Waals surface area contributed by atoms with Crippen molar-refractivity contribution >= 4 is 23.6 Å². The minimum atomic E-state index is -0.565. The first-order chi connectivity index (χ1) is 10.2. The van der Waals surface area contributed by atoms with Gasteiger partial charge in [0.2, 0.25) is 5.91 Å². The summed E-state index contributed by atoms with van der Waals surface area (Å²) in [5, 5.41) is 10.7. The average molecular weight is 309 g/mol. The fraction of sp³-hybridized carbons (Fsp3) is 0.333. The molecule has 2 amide bonds. The number of carbonyl (C=O) groups excluding carboxylic acids is 2. The Balaban J connectivity index is 1.89. The zero-order valence-electron chi connectivity index (χ0n) is 11.4. The Morgan fingerprint density at radius 3 is 2.90 bits per heavy atom. The van der Waals surface area contributed by atoms with Gasteiger partial charge in [0, 0.05) is 6.54 Å². The number of carbonyl (C=O) groups is 2. The lowest BCUT2D eigenvalue weighted by Crippen LogP contribution is -2.31. The third-order valence-electron chi connectivity index (χ3n) is 2.62. The highest BCUT2D eigenvalue weighted by atomic mass is 32.2.